The minimum atomic E-state index is -0.410. The van der Waals surface area contributed by atoms with Crippen LogP contribution < -0.4 is 21.1 Å². The van der Waals surface area contributed by atoms with Crippen LogP contribution in [-0.2, 0) is 12.0 Å². The molecule has 0 saturated heterocycles. The molecule has 1 aromatic carbocycles. The molecule has 6 nitrogen and oxygen atoms in total. The van der Waals surface area contributed by atoms with Crippen molar-refractivity contribution in [1.82, 2.24) is 10.3 Å². The molecule has 3 heterocycles. The van der Waals surface area contributed by atoms with Crippen molar-refractivity contribution in [3.63, 3.8) is 0 Å². The highest BCUT2D eigenvalue weighted by Crippen LogP contribution is 2.46. The second kappa shape index (κ2) is 6.43. The topological polar surface area (TPSA) is 89.3 Å². The number of hydrogen-bond donors (Lipinski definition) is 3. The summed E-state index contributed by atoms with van der Waals surface area (Å²) >= 11 is 3.10. The molecule has 1 aliphatic heterocycles. The summed E-state index contributed by atoms with van der Waals surface area (Å²) in [6.07, 6.45) is 0.746. The third-order valence-corrected chi connectivity index (χ3v) is 7.32. The van der Waals surface area contributed by atoms with Gasteiger partial charge in [-0.05, 0) is 51.8 Å². The SMILES string of the molecule is COc1cccc2sc(Nc3sc4c(c3C(N)=O)CC(C)(C)NC4(C)C)nc12. The molecule has 2 aromatic heterocycles. The number of carbonyl (C=O) groups is 1. The lowest BCUT2D eigenvalue weighted by Gasteiger charge is -2.42. The number of ether oxygens (including phenoxy) is 1. The standard InChI is InChI=1S/C20H24N4O2S2/c1-19(2)9-10-13(16(21)25)17(28-15(10)20(3,4)24-19)23-18-22-14-11(26-5)7-6-8-12(14)27-18/h6-8,24H,9H2,1-5H3,(H2,21,25)(H,22,23). The third-order valence-electron chi connectivity index (χ3n) is 4.91. The number of fused-ring (bicyclic) bond motifs is 2. The van der Waals surface area contributed by atoms with E-state index < -0.39 is 5.91 Å². The van der Waals surface area contributed by atoms with E-state index in [0.29, 0.717) is 10.7 Å². The molecule has 28 heavy (non-hydrogen) atoms. The summed E-state index contributed by atoms with van der Waals surface area (Å²) < 4.78 is 6.43. The molecule has 3 aromatic rings. The summed E-state index contributed by atoms with van der Waals surface area (Å²) in [7, 11) is 1.64. The molecule has 0 bridgehead atoms. The van der Waals surface area contributed by atoms with Gasteiger partial charge in [-0.25, -0.2) is 4.98 Å². The zero-order chi connectivity index (χ0) is 20.3. The van der Waals surface area contributed by atoms with Gasteiger partial charge in [0.1, 0.15) is 16.3 Å². The fourth-order valence-corrected chi connectivity index (χ4v) is 6.35. The molecule has 0 spiro atoms. The van der Waals surface area contributed by atoms with Crippen LogP contribution in [0.25, 0.3) is 10.2 Å². The maximum absolute atomic E-state index is 12.4. The number of hydrogen-bond acceptors (Lipinski definition) is 7. The van der Waals surface area contributed by atoms with Crippen molar-refractivity contribution in [2.75, 3.05) is 12.4 Å². The van der Waals surface area contributed by atoms with Gasteiger partial charge in [-0.15, -0.1) is 11.3 Å². The number of nitrogens with zero attached hydrogens (tertiary/aromatic N) is 1. The number of aromatic nitrogens is 1. The number of primary amides is 1. The molecule has 0 aliphatic carbocycles. The van der Waals surface area contributed by atoms with Gasteiger partial charge in [0.15, 0.2) is 5.13 Å². The first kappa shape index (κ1) is 19.2. The Balaban J connectivity index is 1.81. The van der Waals surface area contributed by atoms with Crippen LogP contribution in [0.5, 0.6) is 5.75 Å². The number of para-hydroxylation sites is 1. The summed E-state index contributed by atoms with van der Waals surface area (Å²) in [4.78, 5) is 18.2. The summed E-state index contributed by atoms with van der Waals surface area (Å²) in [6, 6.07) is 5.84. The van der Waals surface area contributed by atoms with E-state index in [1.165, 1.54) is 11.3 Å². The van der Waals surface area contributed by atoms with Gasteiger partial charge in [-0.3, -0.25) is 4.79 Å². The van der Waals surface area contributed by atoms with Gasteiger partial charge in [0.2, 0.25) is 0 Å². The maximum atomic E-state index is 12.4. The predicted molar refractivity (Wildman–Crippen MR) is 116 cm³/mol. The van der Waals surface area contributed by atoms with E-state index in [4.69, 9.17) is 10.5 Å². The van der Waals surface area contributed by atoms with Gasteiger partial charge in [0.25, 0.3) is 5.91 Å². The van der Waals surface area contributed by atoms with Gasteiger partial charge < -0.3 is 21.1 Å². The van der Waals surface area contributed by atoms with Crippen LogP contribution in [0.15, 0.2) is 18.2 Å². The van der Waals surface area contributed by atoms with Gasteiger partial charge >= 0.3 is 0 Å². The Hall–Kier alpha value is -2.16. The number of anilines is 2. The van der Waals surface area contributed by atoms with Crippen molar-refractivity contribution in [2.24, 2.45) is 5.73 Å². The molecule has 0 fully saturated rings. The van der Waals surface area contributed by atoms with Gasteiger partial charge in [-0.1, -0.05) is 17.4 Å². The molecular formula is C20H24N4O2S2. The molecule has 148 valence electrons. The molecule has 0 atom stereocenters. The Labute approximate surface area is 172 Å². The molecule has 1 amide bonds. The van der Waals surface area contributed by atoms with Crippen LogP contribution in [-0.4, -0.2) is 23.5 Å². The van der Waals surface area contributed by atoms with Crippen molar-refractivity contribution in [1.29, 1.82) is 0 Å². The highest BCUT2D eigenvalue weighted by atomic mass is 32.1. The van der Waals surface area contributed by atoms with Crippen LogP contribution in [0.3, 0.4) is 0 Å². The second-order valence-electron chi connectivity index (χ2n) is 8.24. The average Bonchev–Trinajstić information content (AvgIpc) is 3.14. The Kier molecular flexibility index (Phi) is 4.41. The second-order valence-corrected chi connectivity index (χ2v) is 10.3. The van der Waals surface area contributed by atoms with Crippen LogP contribution in [0.4, 0.5) is 10.1 Å². The van der Waals surface area contributed by atoms with E-state index in [1.54, 1.807) is 18.4 Å². The van der Waals surface area contributed by atoms with Crippen molar-refractivity contribution in [3.8, 4) is 5.75 Å². The first-order chi connectivity index (χ1) is 13.1. The van der Waals surface area contributed by atoms with E-state index in [0.717, 1.165) is 37.8 Å². The quantitative estimate of drug-likeness (QED) is 0.588. The first-order valence-electron chi connectivity index (χ1n) is 9.07. The number of carbonyl (C=O) groups excluding carboxylic acids is 1. The van der Waals surface area contributed by atoms with Crippen molar-refractivity contribution < 1.29 is 9.53 Å². The Morgan fingerprint density at radius 3 is 2.71 bits per heavy atom. The lowest BCUT2D eigenvalue weighted by atomic mass is 9.81. The van der Waals surface area contributed by atoms with Crippen LogP contribution in [0, 0.1) is 0 Å². The lowest BCUT2D eigenvalue weighted by molar-refractivity contribution is 0.0999. The Bertz CT molecular complexity index is 1080. The number of methoxy groups -OCH3 is 1. The molecule has 8 heteroatoms. The van der Waals surface area contributed by atoms with E-state index >= 15 is 0 Å². The summed E-state index contributed by atoms with van der Waals surface area (Å²) in [5, 5.41) is 8.49. The van der Waals surface area contributed by atoms with Crippen LogP contribution >= 0.6 is 22.7 Å². The average molecular weight is 417 g/mol. The zero-order valence-corrected chi connectivity index (χ0v) is 18.2. The van der Waals surface area contributed by atoms with Crippen LogP contribution in [0.1, 0.15) is 48.5 Å². The molecule has 1 aliphatic rings. The Morgan fingerprint density at radius 1 is 1.29 bits per heavy atom. The van der Waals surface area contributed by atoms with E-state index in [-0.39, 0.29) is 11.1 Å². The molecule has 0 unspecified atom stereocenters. The minimum Gasteiger partial charge on any atom is -0.494 e. The molecular weight excluding hydrogens is 392 g/mol. The third kappa shape index (κ3) is 3.15. The highest BCUT2D eigenvalue weighted by molar-refractivity contribution is 7.23. The summed E-state index contributed by atoms with van der Waals surface area (Å²) in [6.45, 7) is 8.57. The normalized spacial score (nSPS) is 17.3. The number of nitrogens with one attached hydrogen (secondary N) is 2. The number of thiophene rings is 1. The number of benzene rings is 1. The number of rotatable bonds is 4. The van der Waals surface area contributed by atoms with E-state index in [9.17, 15) is 4.79 Å². The minimum absolute atomic E-state index is 0.123. The summed E-state index contributed by atoms with van der Waals surface area (Å²) in [5.41, 5.74) is 7.86. The fourth-order valence-electron chi connectivity index (χ4n) is 4.11. The van der Waals surface area contributed by atoms with Crippen molar-refractivity contribution in [3.05, 3.63) is 34.2 Å². The van der Waals surface area contributed by atoms with E-state index in [2.05, 4.69) is 43.3 Å². The van der Waals surface area contributed by atoms with Gasteiger partial charge in [0, 0.05) is 16.0 Å². The molecule has 4 rings (SSSR count). The van der Waals surface area contributed by atoms with Gasteiger partial charge in [-0.2, -0.15) is 0 Å². The molecule has 0 radical (unpaired) electrons. The first-order valence-corrected chi connectivity index (χ1v) is 10.7. The van der Waals surface area contributed by atoms with Gasteiger partial charge in [0.05, 0.1) is 17.4 Å². The number of nitrogens with two attached hydrogens (primary N) is 1. The lowest BCUT2D eigenvalue weighted by Crippen LogP contribution is -2.55. The number of amides is 1. The van der Waals surface area contributed by atoms with Crippen molar-refractivity contribution >= 4 is 48.9 Å². The maximum Gasteiger partial charge on any atom is 0.251 e. The largest absolute Gasteiger partial charge is 0.494 e. The van der Waals surface area contributed by atoms with Crippen molar-refractivity contribution in [2.45, 2.75) is 45.2 Å². The van der Waals surface area contributed by atoms with Crippen LogP contribution in [0.2, 0.25) is 0 Å². The fraction of sp³-hybridized carbons (Fsp3) is 0.400. The smallest absolute Gasteiger partial charge is 0.251 e. The zero-order valence-electron chi connectivity index (χ0n) is 16.6. The Morgan fingerprint density at radius 2 is 2.04 bits per heavy atom. The highest BCUT2D eigenvalue weighted by Gasteiger charge is 2.41. The molecule has 0 saturated carbocycles. The number of thiazole rings is 1. The predicted octanol–water partition coefficient (Wildman–Crippen LogP) is 4.37. The molecule has 4 N–H and O–H groups in total. The van der Waals surface area contributed by atoms with E-state index in [1.807, 2.05) is 18.2 Å². The monoisotopic (exact) mass is 416 g/mol. The summed E-state index contributed by atoms with van der Waals surface area (Å²) in [5.74, 6) is 0.321.